The molecule has 0 unspecified atom stereocenters. The summed E-state index contributed by atoms with van der Waals surface area (Å²) < 4.78 is 51.2. The molecule has 1 fully saturated rings. The lowest BCUT2D eigenvalue weighted by Gasteiger charge is -2.15. The molecule has 2 aromatic carbocycles. The van der Waals surface area contributed by atoms with E-state index in [-0.39, 0.29) is 17.9 Å². The minimum absolute atomic E-state index is 0.0930. The molecule has 1 aliphatic carbocycles. The second-order valence-corrected chi connectivity index (χ2v) is 10.4. The summed E-state index contributed by atoms with van der Waals surface area (Å²) in [6, 6.07) is 10.3. The summed E-state index contributed by atoms with van der Waals surface area (Å²) in [7, 11) is -3.40. The van der Waals surface area contributed by atoms with Gasteiger partial charge in [0.2, 0.25) is 0 Å². The third-order valence-corrected chi connectivity index (χ3v) is 7.59. The van der Waals surface area contributed by atoms with Gasteiger partial charge in [0.25, 0.3) is 16.0 Å². The lowest BCUT2D eigenvalue weighted by molar-refractivity contribution is 0.374. The number of benzene rings is 2. The van der Waals surface area contributed by atoms with Crippen molar-refractivity contribution in [3.05, 3.63) is 70.7 Å². The van der Waals surface area contributed by atoms with Crippen molar-refractivity contribution in [2.24, 2.45) is 0 Å². The number of ether oxygens (including phenoxy) is 1. The van der Waals surface area contributed by atoms with Crippen LogP contribution in [-0.4, -0.2) is 34.6 Å². The molecule has 0 amide bonds. The average Bonchev–Trinajstić information content (AvgIpc) is 3.42. The maximum Gasteiger partial charge on any atom is 0.263 e. The van der Waals surface area contributed by atoms with Gasteiger partial charge in [0.15, 0.2) is 12.1 Å². The highest BCUT2D eigenvalue weighted by Crippen LogP contribution is 2.46. The monoisotopic (exact) mass is 524 g/mol. The van der Waals surface area contributed by atoms with Crippen LogP contribution in [0.25, 0.3) is 31.7 Å². The number of methoxy groups -OCH3 is 1. The SMILES string of the molecule is COc1ccc(-c2nc3sc4c(OS(=O)(=O)[O-])cccc4c3c(=O)n2Cc2cnco2)c(C2CC2)c1. The molecule has 12 heteroatoms. The lowest BCUT2D eigenvalue weighted by atomic mass is 10.0. The fourth-order valence-corrected chi connectivity index (χ4v) is 5.89. The molecule has 6 rings (SSSR count). The van der Waals surface area contributed by atoms with Gasteiger partial charge in [-0.3, -0.25) is 9.36 Å². The molecule has 0 saturated heterocycles. The summed E-state index contributed by atoms with van der Waals surface area (Å²) in [5, 5.41) is 0.747. The fraction of sp³-hybridized carbons (Fsp3) is 0.208. The first-order chi connectivity index (χ1) is 17.3. The van der Waals surface area contributed by atoms with E-state index in [0.717, 1.165) is 35.3 Å². The first-order valence-corrected chi connectivity index (χ1v) is 13.1. The zero-order valence-corrected chi connectivity index (χ0v) is 20.5. The van der Waals surface area contributed by atoms with E-state index in [9.17, 15) is 17.8 Å². The molecule has 3 aromatic heterocycles. The minimum Gasteiger partial charge on any atom is -0.716 e. The molecule has 1 saturated carbocycles. The first kappa shape index (κ1) is 22.7. The molecule has 1 aliphatic rings. The van der Waals surface area contributed by atoms with Crippen LogP contribution in [0.2, 0.25) is 0 Å². The van der Waals surface area contributed by atoms with Crippen molar-refractivity contribution in [3.63, 3.8) is 0 Å². The average molecular weight is 525 g/mol. The van der Waals surface area contributed by atoms with Crippen LogP contribution in [0, 0.1) is 0 Å². The Morgan fingerprint density at radius 2 is 2.08 bits per heavy atom. The van der Waals surface area contributed by atoms with E-state index in [0.29, 0.717) is 43.6 Å². The lowest BCUT2D eigenvalue weighted by Crippen LogP contribution is -2.24. The number of rotatable bonds is 7. The number of hydrogen-bond donors (Lipinski definition) is 0. The van der Waals surface area contributed by atoms with Gasteiger partial charge in [-0.05, 0) is 48.6 Å². The standard InChI is InChI=1S/C24H19N3O7S2/c1-32-14-7-8-16(18(9-14)13-5-6-13)22-26-23-20(24(28)27(22)11-15-10-25-12-33-15)17-3-2-4-19(21(17)35-23)34-36(29,30)31/h2-4,7-10,12-13H,5-6,11H2,1H3,(H,29,30,31)/p-1. The van der Waals surface area contributed by atoms with Gasteiger partial charge in [0.05, 0.1) is 29.9 Å². The molecule has 184 valence electrons. The van der Waals surface area contributed by atoms with E-state index in [2.05, 4.69) is 9.17 Å². The minimum atomic E-state index is -5.00. The Kier molecular flexibility index (Phi) is 5.32. The number of thiophene rings is 1. The Morgan fingerprint density at radius 3 is 2.78 bits per heavy atom. The summed E-state index contributed by atoms with van der Waals surface area (Å²) in [6.45, 7) is 0.0930. The number of hydrogen-bond acceptors (Lipinski definition) is 10. The number of oxazole rings is 1. The zero-order valence-electron chi connectivity index (χ0n) is 18.8. The Morgan fingerprint density at radius 1 is 1.25 bits per heavy atom. The molecule has 0 radical (unpaired) electrons. The van der Waals surface area contributed by atoms with Crippen LogP contribution in [0.5, 0.6) is 11.5 Å². The van der Waals surface area contributed by atoms with Crippen LogP contribution in [0.3, 0.4) is 0 Å². The summed E-state index contributed by atoms with van der Waals surface area (Å²) in [5.41, 5.74) is 1.50. The van der Waals surface area contributed by atoms with Gasteiger partial charge in [-0.1, -0.05) is 12.1 Å². The molecule has 10 nitrogen and oxygen atoms in total. The van der Waals surface area contributed by atoms with Crippen LogP contribution >= 0.6 is 11.3 Å². The van der Waals surface area contributed by atoms with Gasteiger partial charge < -0.3 is 17.9 Å². The van der Waals surface area contributed by atoms with Crippen LogP contribution in [-0.2, 0) is 16.9 Å². The maximum absolute atomic E-state index is 14.0. The van der Waals surface area contributed by atoms with Crippen molar-refractivity contribution in [2.75, 3.05) is 7.11 Å². The second kappa shape index (κ2) is 8.43. The van der Waals surface area contributed by atoms with Crippen molar-refractivity contribution in [1.29, 1.82) is 0 Å². The highest BCUT2D eigenvalue weighted by Gasteiger charge is 2.29. The molecule has 36 heavy (non-hydrogen) atoms. The van der Waals surface area contributed by atoms with E-state index in [1.807, 2.05) is 18.2 Å². The maximum atomic E-state index is 14.0. The molecule has 5 aromatic rings. The molecule has 0 bridgehead atoms. The third-order valence-electron chi connectivity index (χ3n) is 6.09. The first-order valence-electron chi connectivity index (χ1n) is 11.0. The van der Waals surface area contributed by atoms with Crippen LogP contribution < -0.4 is 14.5 Å². The smallest absolute Gasteiger partial charge is 0.263 e. The van der Waals surface area contributed by atoms with E-state index >= 15 is 0 Å². The van der Waals surface area contributed by atoms with Gasteiger partial charge in [0, 0.05) is 10.9 Å². The van der Waals surface area contributed by atoms with Crippen molar-refractivity contribution >= 4 is 42.0 Å². The second-order valence-electron chi connectivity index (χ2n) is 8.43. The Balaban J connectivity index is 1.65. The van der Waals surface area contributed by atoms with Gasteiger partial charge in [-0.15, -0.1) is 11.3 Å². The largest absolute Gasteiger partial charge is 0.716 e. The summed E-state index contributed by atoms with van der Waals surface area (Å²) in [6.07, 6.45) is 4.89. The highest BCUT2D eigenvalue weighted by atomic mass is 32.3. The summed E-state index contributed by atoms with van der Waals surface area (Å²) >= 11 is 1.09. The molecule has 3 heterocycles. The molecule has 0 N–H and O–H groups in total. The van der Waals surface area contributed by atoms with Gasteiger partial charge in [0.1, 0.15) is 22.2 Å². The quantitative estimate of drug-likeness (QED) is 0.228. The topological polar surface area (TPSA) is 137 Å². The van der Waals surface area contributed by atoms with Crippen molar-refractivity contribution in [3.8, 4) is 22.9 Å². The van der Waals surface area contributed by atoms with Gasteiger partial charge in [-0.25, -0.2) is 18.4 Å². The normalized spacial score (nSPS) is 13.9. The van der Waals surface area contributed by atoms with Crippen molar-refractivity contribution < 1.29 is 26.3 Å². The molecule has 0 aliphatic heterocycles. The van der Waals surface area contributed by atoms with E-state index in [4.69, 9.17) is 14.1 Å². The van der Waals surface area contributed by atoms with E-state index in [1.54, 1.807) is 13.2 Å². The fourth-order valence-electron chi connectivity index (χ4n) is 4.36. The van der Waals surface area contributed by atoms with Crippen LogP contribution in [0.15, 0.2) is 58.2 Å². The van der Waals surface area contributed by atoms with E-state index in [1.165, 1.54) is 29.3 Å². The number of nitrogens with zero attached hydrogens (tertiary/aromatic N) is 3. The van der Waals surface area contributed by atoms with Gasteiger partial charge >= 0.3 is 0 Å². The Hall–Kier alpha value is -3.74. The van der Waals surface area contributed by atoms with Crippen molar-refractivity contribution in [2.45, 2.75) is 25.3 Å². The summed E-state index contributed by atoms with van der Waals surface area (Å²) in [5.74, 6) is 1.83. The Labute approximate surface area is 208 Å². The van der Waals surface area contributed by atoms with Gasteiger partial charge in [-0.2, -0.15) is 0 Å². The third kappa shape index (κ3) is 4.02. The molecular weight excluding hydrogens is 506 g/mol. The predicted molar refractivity (Wildman–Crippen MR) is 131 cm³/mol. The molecular formula is C24H18N3O7S2-. The van der Waals surface area contributed by atoms with Crippen LogP contribution in [0.4, 0.5) is 0 Å². The zero-order chi connectivity index (χ0) is 25.0. The molecule has 0 atom stereocenters. The van der Waals surface area contributed by atoms with Crippen molar-refractivity contribution in [1.82, 2.24) is 14.5 Å². The van der Waals surface area contributed by atoms with Crippen LogP contribution in [0.1, 0.15) is 30.1 Å². The Bertz CT molecular complexity index is 1790. The predicted octanol–water partition coefficient (Wildman–Crippen LogP) is 4.04. The highest BCUT2D eigenvalue weighted by molar-refractivity contribution is 7.81. The summed E-state index contributed by atoms with van der Waals surface area (Å²) in [4.78, 5) is 23.2. The van der Waals surface area contributed by atoms with E-state index < -0.39 is 10.4 Å². The number of fused-ring (bicyclic) bond motifs is 3. The molecule has 0 spiro atoms. The number of aromatic nitrogens is 3.